The third kappa shape index (κ3) is 8.32. The van der Waals surface area contributed by atoms with E-state index in [0.717, 1.165) is 17.8 Å². The Morgan fingerprint density at radius 1 is 1.05 bits per heavy atom. The molecule has 0 saturated carbocycles. The highest BCUT2D eigenvalue weighted by molar-refractivity contribution is 7.09. The summed E-state index contributed by atoms with van der Waals surface area (Å²) in [5.74, 6) is 0.172. The number of nitrogens with two attached hydrogens (primary N) is 1. The minimum atomic E-state index is 0.172. The molecule has 0 atom stereocenters. The van der Waals surface area contributed by atoms with Crippen LogP contribution in [0.3, 0.4) is 0 Å². The first-order chi connectivity index (χ1) is 10.3. The van der Waals surface area contributed by atoms with Crippen molar-refractivity contribution in [2.24, 2.45) is 5.73 Å². The van der Waals surface area contributed by atoms with Gasteiger partial charge in [0.2, 0.25) is 0 Å². The average Bonchev–Trinajstić information content (AvgIpc) is 2.98. The molecule has 120 valence electrons. The van der Waals surface area contributed by atoms with E-state index < -0.39 is 0 Å². The second-order valence-corrected chi connectivity index (χ2v) is 6.63. The Morgan fingerprint density at radius 3 is 2.14 bits per heavy atom. The summed E-state index contributed by atoms with van der Waals surface area (Å²) in [6, 6.07) is 0. The van der Waals surface area contributed by atoms with Crippen LogP contribution in [0, 0.1) is 0 Å². The number of carbonyl (C=O) groups is 1. The van der Waals surface area contributed by atoms with Gasteiger partial charge in [0.1, 0.15) is 10.7 Å². The van der Waals surface area contributed by atoms with Crippen LogP contribution < -0.4 is 5.73 Å². The van der Waals surface area contributed by atoms with E-state index in [1.54, 1.807) is 0 Å². The second-order valence-electron chi connectivity index (χ2n) is 5.69. The molecule has 0 bridgehead atoms. The maximum atomic E-state index is 11.9. The lowest BCUT2D eigenvalue weighted by Gasteiger charge is -2.02. The minimum absolute atomic E-state index is 0.172. The Morgan fingerprint density at radius 2 is 1.62 bits per heavy atom. The standard InChI is InChI=1S/C17H30N2OS/c1-2-3-4-5-6-7-8-9-10-11-12-16(20)15-14-21-17(13-18)19-15/h14H,2-13,18H2,1H3. The number of aromatic nitrogens is 1. The quantitative estimate of drug-likeness (QED) is 0.407. The average molecular weight is 311 g/mol. The van der Waals surface area contributed by atoms with E-state index in [-0.39, 0.29) is 5.78 Å². The highest BCUT2D eigenvalue weighted by Crippen LogP contribution is 2.14. The van der Waals surface area contributed by atoms with Crippen molar-refractivity contribution in [2.45, 2.75) is 84.1 Å². The fraction of sp³-hybridized carbons (Fsp3) is 0.765. The molecular weight excluding hydrogens is 280 g/mol. The summed E-state index contributed by atoms with van der Waals surface area (Å²) in [6.45, 7) is 2.68. The van der Waals surface area contributed by atoms with Gasteiger partial charge >= 0.3 is 0 Å². The van der Waals surface area contributed by atoms with Gasteiger partial charge < -0.3 is 5.73 Å². The van der Waals surface area contributed by atoms with Gasteiger partial charge in [-0.1, -0.05) is 64.7 Å². The largest absolute Gasteiger partial charge is 0.325 e. The zero-order valence-corrected chi connectivity index (χ0v) is 14.2. The van der Waals surface area contributed by atoms with Gasteiger partial charge in [-0.05, 0) is 6.42 Å². The lowest BCUT2D eigenvalue weighted by Crippen LogP contribution is -2.01. The monoisotopic (exact) mass is 310 g/mol. The Hall–Kier alpha value is -0.740. The molecule has 0 radical (unpaired) electrons. The highest BCUT2D eigenvalue weighted by Gasteiger charge is 2.09. The number of ketones is 1. The molecule has 21 heavy (non-hydrogen) atoms. The molecule has 3 nitrogen and oxygen atoms in total. The molecule has 0 aliphatic rings. The molecule has 1 rings (SSSR count). The van der Waals surface area contributed by atoms with Crippen LogP contribution in [0.25, 0.3) is 0 Å². The van der Waals surface area contributed by atoms with Crippen molar-refractivity contribution in [3.63, 3.8) is 0 Å². The van der Waals surface area contributed by atoms with Gasteiger partial charge in [-0.25, -0.2) is 4.98 Å². The Kier molecular flexibility index (Phi) is 10.3. The maximum Gasteiger partial charge on any atom is 0.182 e. The van der Waals surface area contributed by atoms with Crippen LogP contribution in [0.2, 0.25) is 0 Å². The Labute approximate surface area is 133 Å². The first-order valence-electron chi connectivity index (χ1n) is 8.45. The SMILES string of the molecule is CCCCCCCCCCCCC(=O)c1csc(CN)n1. The van der Waals surface area contributed by atoms with Gasteiger partial charge in [0, 0.05) is 18.3 Å². The number of Topliss-reactive ketones (excluding diaryl/α,β-unsaturated/α-hetero) is 1. The summed E-state index contributed by atoms with van der Waals surface area (Å²) < 4.78 is 0. The number of hydrogen-bond donors (Lipinski definition) is 1. The van der Waals surface area contributed by atoms with Crippen molar-refractivity contribution in [3.05, 3.63) is 16.1 Å². The van der Waals surface area contributed by atoms with Crippen LogP contribution >= 0.6 is 11.3 Å². The van der Waals surface area contributed by atoms with E-state index in [1.807, 2.05) is 5.38 Å². The van der Waals surface area contributed by atoms with Gasteiger partial charge in [0.05, 0.1) is 0 Å². The third-order valence-corrected chi connectivity index (χ3v) is 4.64. The van der Waals surface area contributed by atoms with Crippen LogP contribution in [-0.2, 0) is 6.54 Å². The summed E-state index contributed by atoms with van der Waals surface area (Å²) in [6.07, 6.45) is 13.6. The van der Waals surface area contributed by atoms with Crippen molar-refractivity contribution in [2.75, 3.05) is 0 Å². The number of nitrogens with zero attached hydrogens (tertiary/aromatic N) is 1. The van der Waals surface area contributed by atoms with Crippen molar-refractivity contribution in [1.82, 2.24) is 4.98 Å². The van der Waals surface area contributed by atoms with Crippen molar-refractivity contribution >= 4 is 17.1 Å². The molecule has 1 aromatic heterocycles. The molecule has 0 aliphatic heterocycles. The predicted octanol–water partition coefficient (Wildman–Crippen LogP) is 5.10. The summed E-state index contributed by atoms with van der Waals surface area (Å²) in [4.78, 5) is 16.1. The van der Waals surface area contributed by atoms with Crippen molar-refractivity contribution in [1.29, 1.82) is 0 Å². The molecule has 0 aliphatic carbocycles. The molecule has 2 N–H and O–H groups in total. The van der Waals surface area contributed by atoms with Crippen molar-refractivity contribution < 1.29 is 4.79 Å². The van der Waals surface area contributed by atoms with Crippen LogP contribution in [0.4, 0.5) is 0 Å². The first kappa shape index (κ1) is 18.3. The summed E-state index contributed by atoms with van der Waals surface area (Å²) >= 11 is 1.48. The molecular formula is C17H30N2OS. The Balaban J connectivity index is 1.95. The molecule has 0 saturated heterocycles. The molecule has 1 aromatic rings. The van der Waals surface area contributed by atoms with E-state index >= 15 is 0 Å². The molecule has 0 unspecified atom stereocenters. The first-order valence-corrected chi connectivity index (χ1v) is 9.33. The molecule has 0 fully saturated rings. The number of unbranched alkanes of at least 4 members (excludes halogenated alkanes) is 9. The topological polar surface area (TPSA) is 56.0 Å². The van der Waals surface area contributed by atoms with Crippen LogP contribution in [0.15, 0.2) is 5.38 Å². The van der Waals surface area contributed by atoms with Gasteiger partial charge in [-0.15, -0.1) is 11.3 Å². The number of thiazole rings is 1. The van der Waals surface area contributed by atoms with Gasteiger partial charge in [-0.3, -0.25) is 4.79 Å². The zero-order chi connectivity index (χ0) is 15.3. The van der Waals surface area contributed by atoms with Gasteiger partial charge in [0.15, 0.2) is 5.78 Å². The van der Waals surface area contributed by atoms with E-state index in [1.165, 1.54) is 62.7 Å². The number of rotatable bonds is 13. The zero-order valence-electron chi connectivity index (χ0n) is 13.4. The number of hydrogen-bond acceptors (Lipinski definition) is 4. The fourth-order valence-electron chi connectivity index (χ4n) is 2.43. The summed E-state index contributed by atoms with van der Waals surface area (Å²) in [7, 11) is 0. The van der Waals surface area contributed by atoms with Gasteiger partial charge in [-0.2, -0.15) is 0 Å². The van der Waals surface area contributed by atoms with E-state index in [9.17, 15) is 4.79 Å². The van der Waals surface area contributed by atoms with Crippen LogP contribution in [0.5, 0.6) is 0 Å². The Bertz CT molecular complexity index is 390. The lowest BCUT2D eigenvalue weighted by atomic mass is 10.0. The third-order valence-electron chi connectivity index (χ3n) is 3.77. The maximum absolute atomic E-state index is 11.9. The molecule has 0 spiro atoms. The predicted molar refractivity (Wildman–Crippen MR) is 90.8 cm³/mol. The minimum Gasteiger partial charge on any atom is -0.325 e. The fourth-order valence-corrected chi connectivity index (χ4v) is 3.11. The van der Waals surface area contributed by atoms with E-state index in [4.69, 9.17) is 5.73 Å². The molecule has 1 heterocycles. The summed E-state index contributed by atoms with van der Waals surface area (Å²) in [5.41, 5.74) is 6.11. The van der Waals surface area contributed by atoms with Crippen LogP contribution in [-0.4, -0.2) is 10.8 Å². The van der Waals surface area contributed by atoms with E-state index in [2.05, 4.69) is 11.9 Å². The molecule has 0 aromatic carbocycles. The second kappa shape index (κ2) is 11.9. The highest BCUT2D eigenvalue weighted by atomic mass is 32.1. The molecule has 0 amide bonds. The summed E-state index contributed by atoms with van der Waals surface area (Å²) in [5, 5.41) is 2.68. The lowest BCUT2D eigenvalue weighted by molar-refractivity contribution is 0.0975. The van der Waals surface area contributed by atoms with Crippen molar-refractivity contribution in [3.8, 4) is 0 Å². The number of carbonyl (C=O) groups excluding carboxylic acids is 1. The van der Waals surface area contributed by atoms with Crippen LogP contribution in [0.1, 0.15) is 93.0 Å². The molecule has 4 heteroatoms. The smallest absolute Gasteiger partial charge is 0.182 e. The van der Waals surface area contributed by atoms with E-state index in [0.29, 0.717) is 18.7 Å². The van der Waals surface area contributed by atoms with Gasteiger partial charge in [0.25, 0.3) is 0 Å². The normalized spacial score (nSPS) is 11.0.